The molecule has 0 radical (unpaired) electrons. The predicted octanol–water partition coefficient (Wildman–Crippen LogP) is 2.59. The molecule has 1 aromatic carbocycles. The highest BCUT2D eigenvalue weighted by atomic mass is 35.5. The van der Waals surface area contributed by atoms with Gasteiger partial charge in [0.05, 0.1) is 13.2 Å². The Balaban J connectivity index is 0.00000441. The Bertz CT molecular complexity index is 455. The quantitative estimate of drug-likeness (QED) is 0.756. The summed E-state index contributed by atoms with van der Waals surface area (Å²) in [6.07, 6.45) is 0.930. The molecule has 126 valence electrons. The lowest BCUT2D eigenvalue weighted by Gasteiger charge is -2.18. The lowest BCUT2D eigenvalue weighted by atomic mass is 10.1. The highest BCUT2D eigenvalue weighted by Crippen LogP contribution is 2.29. The van der Waals surface area contributed by atoms with Crippen molar-refractivity contribution in [1.29, 1.82) is 0 Å². The first-order valence-electron chi connectivity index (χ1n) is 7.43. The number of amides is 1. The van der Waals surface area contributed by atoms with Gasteiger partial charge in [-0.15, -0.1) is 12.4 Å². The van der Waals surface area contributed by atoms with Gasteiger partial charge in [0.25, 0.3) is 5.91 Å². The lowest BCUT2D eigenvalue weighted by Crippen LogP contribution is -2.32. The van der Waals surface area contributed by atoms with Crippen molar-refractivity contribution in [2.24, 2.45) is 0 Å². The zero-order valence-electron chi connectivity index (χ0n) is 13.8. The van der Waals surface area contributed by atoms with Gasteiger partial charge in [-0.05, 0) is 38.6 Å². The highest BCUT2D eigenvalue weighted by molar-refractivity contribution is 5.94. The van der Waals surface area contributed by atoms with E-state index in [1.165, 1.54) is 0 Å². The van der Waals surface area contributed by atoms with E-state index < -0.39 is 0 Å². The van der Waals surface area contributed by atoms with Crippen LogP contribution in [0.25, 0.3) is 0 Å². The zero-order chi connectivity index (χ0) is 15.7. The molecule has 0 saturated carbocycles. The Labute approximate surface area is 139 Å². The number of likely N-dealkylation sites (N-methyl/N-ethyl adjacent to an activating group) is 2. The molecule has 22 heavy (non-hydrogen) atoms. The minimum absolute atomic E-state index is 0. The van der Waals surface area contributed by atoms with Gasteiger partial charge in [-0.1, -0.05) is 6.92 Å². The largest absolute Gasteiger partial charge is 0.490 e. The third kappa shape index (κ3) is 6.12. The minimum atomic E-state index is -0.0201. The van der Waals surface area contributed by atoms with Gasteiger partial charge in [-0.2, -0.15) is 0 Å². The number of nitrogens with zero attached hydrogens (tertiary/aromatic N) is 1. The smallest absolute Gasteiger partial charge is 0.253 e. The maximum absolute atomic E-state index is 12.3. The molecule has 0 fully saturated rings. The van der Waals surface area contributed by atoms with E-state index in [1.54, 1.807) is 30.1 Å². The van der Waals surface area contributed by atoms with Gasteiger partial charge in [0.2, 0.25) is 0 Å². The third-order valence-corrected chi connectivity index (χ3v) is 3.00. The summed E-state index contributed by atoms with van der Waals surface area (Å²) >= 11 is 0. The second-order valence-corrected chi connectivity index (χ2v) is 4.77. The summed E-state index contributed by atoms with van der Waals surface area (Å²) in [5.74, 6) is 1.29. The second kappa shape index (κ2) is 11.2. The summed E-state index contributed by atoms with van der Waals surface area (Å²) in [7, 11) is 3.66. The van der Waals surface area contributed by atoms with E-state index in [0.29, 0.717) is 36.8 Å². The first kappa shape index (κ1) is 20.5. The zero-order valence-corrected chi connectivity index (χ0v) is 14.7. The lowest BCUT2D eigenvalue weighted by molar-refractivity contribution is 0.0796. The van der Waals surface area contributed by atoms with Crippen molar-refractivity contribution in [2.75, 3.05) is 40.4 Å². The van der Waals surface area contributed by atoms with E-state index in [9.17, 15) is 4.79 Å². The number of rotatable bonds is 9. The number of hydrogen-bond acceptors (Lipinski definition) is 4. The van der Waals surface area contributed by atoms with Crippen molar-refractivity contribution < 1.29 is 14.3 Å². The summed E-state index contributed by atoms with van der Waals surface area (Å²) in [5, 5.41) is 3.03. The molecule has 1 aromatic rings. The SMILES string of the molecule is CCCOc1ccc(C(=O)N(C)CCNC)cc1OCC.Cl. The van der Waals surface area contributed by atoms with Crippen molar-refractivity contribution in [2.45, 2.75) is 20.3 Å². The van der Waals surface area contributed by atoms with Crippen LogP contribution in [0, 0.1) is 0 Å². The van der Waals surface area contributed by atoms with Gasteiger partial charge in [-0.25, -0.2) is 0 Å². The summed E-state index contributed by atoms with van der Waals surface area (Å²) < 4.78 is 11.2. The van der Waals surface area contributed by atoms with Gasteiger partial charge < -0.3 is 19.7 Å². The predicted molar refractivity (Wildman–Crippen MR) is 91.5 cm³/mol. The Morgan fingerprint density at radius 1 is 1.23 bits per heavy atom. The van der Waals surface area contributed by atoms with Crippen molar-refractivity contribution in [1.82, 2.24) is 10.2 Å². The summed E-state index contributed by atoms with van der Waals surface area (Å²) in [6, 6.07) is 5.35. The van der Waals surface area contributed by atoms with E-state index in [2.05, 4.69) is 12.2 Å². The van der Waals surface area contributed by atoms with Crippen LogP contribution in [0.1, 0.15) is 30.6 Å². The molecule has 0 aromatic heterocycles. The summed E-state index contributed by atoms with van der Waals surface area (Å²) in [5.41, 5.74) is 0.612. The molecule has 1 N–H and O–H groups in total. The summed E-state index contributed by atoms with van der Waals surface area (Å²) in [4.78, 5) is 14.0. The van der Waals surface area contributed by atoms with Gasteiger partial charge in [-0.3, -0.25) is 4.79 Å². The molecule has 0 aliphatic heterocycles. The fourth-order valence-corrected chi connectivity index (χ4v) is 1.84. The second-order valence-electron chi connectivity index (χ2n) is 4.77. The van der Waals surface area contributed by atoms with Crippen LogP contribution >= 0.6 is 12.4 Å². The first-order valence-corrected chi connectivity index (χ1v) is 7.43. The van der Waals surface area contributed by atoms with Gasteiger partial charge in [0, 0.05) is 25.7 Å². The Kier molecular flexibility index (Phi) is 10.4. The van der Waals surface area contributed by atoms with Crippen LogP contribution in [0.3, 0.4) is 0 Å². The number of ether oxygens (including phenoxy) is 2. The van der Waals surface area contributed by atoms with Gasteiger partial charge in [0.15, 0.2) is 11.5 Å². The molecule has 0 aliphatic carbocycles. The Morgan fingerprint density at radius 3 is 2.55 bits per heavy atom. The number of carbonyl (C=O) groups excluding carboxylic acids is 1. The van der Waals surface area contributed by atoms with Crippen LogP contribution in [-0.2, 0) is 0 Å². The monoisotopic (exact) mass is 330 g/mol. The molecule has 1 amide bonds. The molecule has 0 bridgehead atoms. The summed E-state index contributed by atoms with van der Waals surface area (Å²) in [6.45, 7) is 6.56. The molecule has 0 saturated heterocycles. The van der Waals surface area contributed by atoms with E-state index >= 15 is 0 Å². The van der Waals surface area contributed by atoms with Gasteiger partial charge in [0.1, 0.15) is 0 Å². The van der Waals surface area contributed by atoms with Crippen molar-refractivity contribution in [3.63, 3.8) is 0 Å². The normalized spacial score (nSPS) is 9.82. The van der Waals surface area contributed by atoms with E-state index in [4.69, 9.17) is 9.47 Å². The van der Waals surface area contributed by atoms with Crippen LogP contribution in [0.2, 0.25) is 0 Å². The van der Waals surface area contributed by atoms with E-state index in [0.717, 1.165) is 13.0 Å². The van der Waals surface area contributed by atoms with E-state index in [1.807, 2.05) is 14.0 Å². The number of halogens is 1. The van der Waals surface area contributed by atoms with Crippen LogP contribution in [0.5, 0.6) is 11.5 Å². The number of carbonyl (C=O) groups is 1. The average molecular weight is 331 g/mol. The molecule has 0 unspecified atom stereocenters. The number of benzene rings is 1. The van der Waals surface area contributed by atoms with Crippen LogP contribution in [-0.4, -0.2) is 51.2 Å². The van der Waals surface area contributed by atoms with E-state index in [-0.39, 0.29) is 18.3 Å². The van der Waals surface area contributed by atoms with Crippen molar-refractivity contribution in [3.8, 4) is 11.5 Å². The third-order valence-electron chi connectivity index (χ3n) is 3.00. The molecule has 6 heteroatoms. The number of hydrogen-bond donors (Lipinski definition) is 1. The molecule has 0 aliphatic rings. The molecule has 0 spiro atoms. The van der Waals surface area contributed by atoms with Crippen molar-refractivity contribution in [3.05, 3.63) is 23.8 Å². The average Bonchev–Trinajstić information content (AvgIpc) is 2.50. The Hall–Kier alpha value is -1.46. The maximum atomic E-state index is 12.3. The number of nitrogens with one attached hydrogen (secondary N) is 1. The topological polar surface area (TPSA) is 50.8 Å². The Morgan fingerprint density at radius 2 is 1.95 bits per heavy atom. The molecule has 0 heterocycles. The van der Waals surface area contributed by atoms with Crippen LogP contribution in [0.4, 0.5) is 0 Å². The van der Waals surface area contributed by atoms with Crippen LogP contribution < -0.4 is 14.8 Å². The first-order chi connectivity index (χ1) is 10.1. The molecule has 5 nitrogen and oxygen atoms in total. The fourth-order valence-electron chi connectivity index (χ4n) is 1.84. The maximum Gasteiger partial charge on any atom is 0.253 e. The molecular formula is C16H27ClN2O3. The standard InChI is InChI=1S/C16H26N2O3.ClH/c1-5-11-21-14-8-7-13(12-15(14)20-6-2)16(19)18(4)10-9-17-3;/h7-8,12,17H,5-6,9-11H2,1-4H3;1H. The molecule has 0 atom stereocenters. The fraction of sp³-hybridized carbons (Fsp3) is 0.562. The minimum Gasteiger partial charge on any atom is -0.490 e. The highest BCUT2D eigenvalue weighted by Gasteiger charge is 2.14. The molecule has 1 rings (SSSR count). The van der Waals surface area contributed by atoms with Crippen molar-refractivity contribution >= 4 is 18.3 Å². The molecular weight excluding hydrogens is 304 g/mol. The van der Waals surface area contributed by atoms with Gasteiger partial charge >= 0.3 is 0 Å². The van der Waals surface area contributed by atoms with Crippen LogP contribution in [0.15, 0.2) is 18.2 Å².